The summed E-state index contributed by atoms with van der Waals surface area (Å²) in [6, 6.07) is 5.57. The van der Waals surface area contributed by atoms with Gasteiger partial charge >= 0.3 is 5.97 Å². The second kappa shape index (κ2) is 7.37. The van der Waals surface area contributed by atoms with E-state index in [-0.39, 0.29) is 5.97 Å². The fourth-order valence-corrected chi connectivity index (χ4v) is 1.59. The van der Waals surface area contributed by atoms with Crippen molar-refractivity contribution in [2.24, 2.45) is 0 Å². The van der Waals surface area contributed by atoms with E-state index in [9.17, 15) is 4.79 Å². The minimum absolute atomic E-state index is 0.341. The average molecular weight is 250 g/mol. The maximum absolute atomic E-state index is 11.2. The van der Waals surface area contributed by atoms with Gasteiger partial charge in [0.1, 0.15) is 11.5 Å². The van der Waals surface area contributed by atoms with Crippen LogP contribution in [0.25, 0.3) is 0 Å². The van der Waals surface area contributed by atoms with Crippen LogP contribution in [0.3, 0.4) is 0 Å². The van der Waals surface area contributed by atoms with Crippen molar-refractivity contribution < 1.29 is 19.0 Å². The van der Waals surface area contributed by atoms with Crippen LogP contribution in [0.1, 0.15) is 12.5 Å². The van der Waals surface area contributed by atoms with Crippen molar-refractivity contribution in [3.63, 3.8) is 0 Å². The van der Waals surface area contributed by atoms with E-state index >= 15 is 0 Å². The molecule has 0 aliphatic rings. The van der Waals surface area contributed by atoms with Crippen LogP contribution in [0, 0.1) is 0 Å². The highest BCUT2D eigenvalue weighted by Crippen LogP contribution is 2.28. The van der Waals surface area contributed by atoms with E-state index in [2.05, 4.69) is 0 Å². The van der Waals surface area contributed by atoms with Crippen LogP contribution in [0.5, 0.6) is 11.5 Å². The Hall–Kier alpha value is -1.97. The number of hydrogen-bond acceptors (Lipinski definition) is 4. The standard InChI is InChI=1S/C14H18O4/c1-4-18-14(15)10-5-7-11-12(16-2)8-6-9-13(11)17-3/h5-6,8-10H,4,7H2,1-3H3/b10-5-. The second-order valence-electron chi connectivity index (χ2n) is 3.50. The van der Waals surface area contributed by atoms with E-state index in [1.807, 2.05) is 18.2 Å². The molecule has 0 saturated carbocycles. The molecule has 4 nitrogen and oxygen atoms in total. The Morgan fingerprint density at radius 2 is 1.83 bits per heavy atom. The van der Waals surface area contributed by atoms with Gasteiger partial charge in [-0.15, -0.1) is 0 Å². The number of benzene rings is 1. The van der Waals surface area contributed by atoms with Crippen molar-refractivity contribution in [3.8, 4) is 11.5 Å². The Kier molecular flexibility index (Phi) is 5.77. The predicted octanol–water partition coefficient (Wildman–Crippen LogP) is 2.37. The quantitative estimate of drug-likeness (QED) is 0.574. The average Bonchev–Trinajstić information content (AvgIpc) is 2.39. The monoisotopic (exact) mass is 250 g/mol. The highest BCUT2D eigenvalue weighted by atomic mass is 16.5. The molecule has 0 bridgehead atoms. The van der Waals surface area contributed by atoms with Crippen molar-refractivity contribution in [2.45, 2.75) is 13.3 Å². The number of carbonyl (C=O) groups excluding carboxylic acids is 1. The molecule has 0 aliphatic carbocycles. The minimum atomic E-state index is -0.341. The van der Waals surface area contributed by atoms with Crippen molar-refractivity contribution in [3.05, 3.63) is 35.9 Å². The van der Waals surface area contributed by atoms with Crippen molar-refractivity contribution in [2.75, 3.05) is 20.8 Å². The van der Waals surface area contributed by atoms with Crippen LogP contribution >= 0.6 is 0 Å². The first-order chi connectivity index (χ1) is 8.72. The summed E-state index contributed by atoms with van der Waals surface area (Å²) < 4.78 is 15.3. The SMILES string of the molecule is CCOC(=O)/C=C\Cc1c(OC)cccc1OC. The van der Waals surface area contributed by atoms with Crippen LogP contribution in [-0.2, 0) is 16.0 Å². The van der Waals surface area contributed by atoms with E-state index < -0.39 is 0 Å². The minimum Gasteiger partial charge on any atom is -0.496 e. The summed E-state index contributed by atoms with van der Waals surface area (Å²) >= 11 is 0. The molecule has 18 heavy (non-hydrogen) atoms. The maximum atomic E-state index is 11.2. The zero-order chi connectivity index (χ0) is 13.4. The van der Waals surface area contributed by atoms with Gasteiger partial charge < -0.3 is 14.2 Å². The van der Waals surface area contributed by atoms with Gasteiger partial charge in [0.2, 0.25) is 0 Å². The first-order valence-electron chi connectivity index (χ1n) is 5.76. The summed E-state index contributed by atoms with van der Waals surface area (Å²) in [6.45, 7) is 2.15. The Morgan fingerprint density at radius 3 is 2.33 bits per heavy atom. The zero-order valence-electron chi connectivity index (χ0n) is 10.9. The third kappa shape index (κ3) is 3.80. The number of allylic oxidation sites excluding steroid dienone is 1. The van der Waals surface area contributed by atoms with Crippen LogP contribution in [0.2, 0.25) is 0 Å². The summed E-state index contributed by atoms with van der Waals surface area (Å²) in [4.78, 5) is 11.2. The van der Waals surface area contributed by atoms with Crippen LogP contribution in [0.15, 0.2) is 30.4 Å². The molecule has 0 unspecified atom stereocenters. The Morgan fingerprint density at radius 1 is 1.22 bits per heavy atom. The molecule has 1 rings (SSSR count). The first kappa shape index (κ1) is 14.1. The van der Waals surface area contributed by atoms with Gasteiger partial charge in [-0.1, -0.05) is 12.1 Å². The highest BCUT2D eigenvalue weighted by molar-refractivity contribution is 5.81. The molecule has 0 saturated heterocycles. The van der Waals surface area contributed by atoms with Gasteiger partial charge in [0.25, 0.3) is 0 Å². The number of carbonyl (C=O) groups is 1. The molecule has 0 heterocycles. The molecule has 0 aromatic heterocycles. The van der Waals surface area contributed by atoms with E-state index in [4.69, 9.17) is 14.2 Å². The molecular formula is C14H18O4. The van der Waals surface area contributed by atoms with Crippen molar-refractivity contribution in [1.82, 2.24) is 0 Å². The van der Waals surface area contributed by atoms with E-state index in [1.165, 1.54) is 6.08 Å². The molecule has 0 N–H and O–H groups in total. The van der Waals surface area contributed by atoms with Crippen LogP contribution < -0.4 is 9.47 Å². The lowest BCUT2D eigenvalue weighted by Gasteiger charge is -2.11. The summed E-state index contributed by atoms with van der Waals surface area (Å²) in [7, 11) is 3.21. The summed E-state index contributed by atoms with van der Waals surface area (Å²) in [5, 5.41) is 0. The maximum Gasteiger partial charge on any atom is 0.330 e. The van der Waals surface area contributed by atoms with Gasteiger partial charge in [0.15, 0.2) is 0 Å². The molecule has 0 spiro atoms. The molecule has 4 heteroatoms. The molecule has 98 valence electrons. The van der Waals surface area contributed by atoms with E-state index in [0.29, 0.717) is 13.0 Å². The Balaban J connectivity index is 2.80. The summed E-state index contributed by atoms with van der Waals surface area (Å²) in [5.74, 6) is 1.14. The molecule has 0 amide bonds. The smallest absolute Gasteiger partial charge is 0.330 e. The second-order valence-corrected chi connectivity index (χ2v) is 3.50. The molecular weight excluding hydrogens is 232 g/mol. The number of methoxy groups -OCH3 is 2. The van der Waals surface area contributed by atoms with Crippen molar-refractivity contribution >= 4 is 5.97 Å². The van der Waals surface area contributed by atoms with E-state index in [0.717, 1.165) is 17.1 Å². The largest absolute Gasteiger partial charge is 0.496 e. The molecule has 0 fully saturated rings. The number of ether oxygens (including phenoxy) is 3. The van der Waals surface area contributed by atoms with Gasteiger partial charge in [0, 0.05) is 11.6 Å². The molecule has 0 aliphatic heterocycles. The summed E-state index contributed by atoms with van der Waals surface area (Å²) in [5.41, 5.74) is 0.906. The fourth-order valence-electron chi connectivity index (χ4n) is 1.59. The third-order valence-electron chi connectivity index (χ3n) is 2.39. The molecule has 1 aromatic rings. The predicted molar refractivity (Wildman–Crippen MR) is 69.0 cm³/mol. The topological polar surface area (TPSA) is 44.8 Å². The fraction of sp³-hybridized carbons (Fsp3) is 0.357. The van der Waals surface area contributed by atoms with Gasteiger partial charge in [-0.25, -0.2) is 4.79 Å². The van der Waals surface area contributed by atoms with Gasteiger partial charge in [-0.3, -0.25) is 0 Å². The van der Waals surface area contributed by atoms with Gasteiger partial charge in [0.05, 0.1) is 20.8 Å². The first-order valence-corrected chi connectivity index (χ1v) is 5.76. The van der Waals surface area contributed by atoms with Gasteiger partial charge in [-0.2, -0.15) is 0 Å². The molecule has 1 aromatic carbocycles. The normalized spacial score (nSPS) is 10.4. The Labute approximate surface area is 107 Å². The summed E-state index contributed by atoms with van der Waals surface area (Å²) in [6.07, 6.45) is 3.69. The molecule has 0 atom stereocenters. The molecule has 0 radical (unpaired) electrons. The zero-order valence-corrected chi connectivity index (χ0v) is 10.9. The lowest BCUT2D eigenvalue weighted by Crippen LogP contribution is -2.00. The highest BCUT2D eigenvalue weighted by Gasteiger charge is 2.07. The number of esters is 1. The van der Waals surface area contributed by atoms with Crippen molar-refractivity contribution in [1.29, 1.82) is 0 Å². The van der Waals surface area contributed by atoms with E-state index in [1.54, 1.807) is 27.2 Å². The van der Waals surface area contributed by atoms with Gasteiger partial charge in [-0.05, 0) is 25.5 Å². The lowest BCUT2D eigenvalue weighted by atomic mass is 10.1. The Bertz CT molecular complexity index is 402. The van der Waals surface area contributed by atoms with Crippen LogP contribution in [-0.4, -0.2) is 26.8 Å². The lowest BCUT2D eigenvalue weighted by molar-refractivity contribution is -0.137. The third-order valence-corrected chi connectivity index (χ3v) is 2.39. The number of hydrogen-bond donors (Lipinski definition) is 0. The van der Waals surface area contributed by atoms with Crippen LogP contribution in [0.4, 0.5) is 0 Å². The number of rotatable bonds is 6.